The molecule has 0 saturated carbocycles. The van der Waals surface area contributed by atoms with Crippen LogP contribution in [0.2, 0.25) is 0 Å². The number of ether oxygens (including phenoxy) is 1. The lowest BCUT2D eigenvalue weighted by atomic mass is 10.1. The van der Waals surface area contributed by atoms with Gasteiger partial charge in [0, 0.05) is 17.3 Å². The van der Waals surface area contributed by atoms with Crippen LogP contribution in [0.1, 0.15) is 27.2 Å². The number of nitrogens with one attached hydrogen (secondary N) is 2. The van der Waals surface area contributed by atoms with Crippen molar-refractivity contribution in [3.63, 3.8) is 0 Å². The van der Waals surface area contributed by atoms with Crippen molar-refractivity contribution >= 4 is 17.5 Å². The van der Waals surface area contributed by atoms with Gasteiger partial charge in [-0.2, -0.15) is 0 Å². The fraction of sp³-hybridized carbons (Fsp3) is 0.467. The Labute approximate surface area is 125 Å². The summed E-state index contributed by atoms with van der Waals surface area (Å²) in [6, 6.07) is 6.99. The molecule has 6 heteroatoms. The minimum absolute atomic E-state index is 0.0333. The van der Waals surface area contributed by atoms with Crippen molar-refractivity contribution < 1.29 is 14.3 Å². The van der Waals surface area contributed by atoms with Crippen molar-refractivity contribution in [2.45, 2.75) is 32.7 Å². The van der Waals surface area contributed by atoms with Crippen molar-refractivity contribution in [2.75, 3.05) is 18.9 Å². The van der Waals surface area contributed by atoms with E-state index >= 15 is 0 Å². The SMILES string of the molecule is CC(C)(C)NC(=O)CNC(=O)CCOc1cccc(N)c1. The maximum atomic E-state index is 11.6. The molecule has 116 valence electrons. The van der Waals surface area contributed by atoms with Crippen molar-refractivity contribution in [3.8, 4) is 5.75 Å². The van der Waals surface area contributed by atoms with Gasteiger partial charge in [-0.3, -0.25) is 9.59 Å². The smallest absolute Gasteiger partial charge is 0.239 e. The average molecular weight is 293 g/mol. The van der Waals surface area contributed by atoms with Crippen molar-refractivity contribution in [3.05, 3.63) is 24.3 Å². The molecular formula is C15H23N3O3. The largest absolute Gasteiger partial charge is 0.493 e. The zero-order valence-electron chi connectivity index (χ0n) is 12.7. The van der Waals surface area contributed by atoms with Gasteiger partial charge >= 0.3 is 0 Å². The maximum absolute atomic E-state index is 11.6. The second-order valence-electron chi connectivity index (χ2n) is 5.75. The summed E-state index contributed by atoms with van der Waals surface area (Å²) in [4.78, 5) is 23.1. The summed E-state index contributed by atoms with van der Waals surface area (Å²) in [7, 11) is 0. The number of amides is 2. The molecule has 1 rings (SSSR count). The van der Waals surface area contributed by atoms with Crippen molar-refractivity contribution in [1.29, 1.82) is 0 Å². The van der Waals surface area contributed by atoms with E-state index in [0.717, 1.165) is 0 Å². The average Bonchev–Trinajstić information content (AvgIpc) is 2.34. The van der Waals surface area contributed by atoms with E-state index in [4.69, 9.17) is 10.5 Å². The molecule has 0 fully saturated rings. The first-order chi connectivity index (χ1) is 9.76. The van der Waals surface area contributed by atoms with Gasteiger partial charge in [0.2, 0.25) is 11.8 Å². The Morgan fingerprint density at radius 1 is 1.24 bits per heavy atom. The predicted octanol–water partition coefficient (Wildman–Crippen LogP) is 1.07. The summed E-state index contributed by atoms with van der Waals surface area (Å²) in [6.07, 6.45) is 0.178. The summed E-state index contributed by atoms with van der Waals surface area (Å²) < 4.78 is 5.40. The molecule has 0 unspecified atom stereocenters. The third kappa shape index (κ3) is 7.81. The molecule has 0 saturated heterocycles. The van der Waals surface area contributed by atoms with Gasteiger partial charge in [-0.05, 0) is 32.9 Å². The summed E-state index contributed by atoms with van der Waals surface area (Å²) >= 11 is 0. The lowest BCUT2D eigenvalue weighted by Gasteiger charge is -2.20. The van der Waals surface area contributed by atoms with E-state index in [1.165, 1.54) is 0 Å². The number of anilines is 1. The molecule has 0 spiro atoms. The molecule has 2 amide bonds. The lowest BCUT2D eigenvalue weighted by molar-refractivity contribution is -0.127. The third-order valence-corrected chi connectivity index (χ3v) is 2.42. The number of nitrogens with two attached hydrogens (primary N) is 1. The molecule has 1 aromatic rings. The van der Waals surface area contributed by atoms with Crippen LogP contribution in [-0.2, 0) is 9.59 Å². The number of rotatable bonds is 6. The summed E-state index contributed by atoms with van der Waals surface area (Å²) in [6.45, 7) is 5.84. The number of hydrogen-bond donors (Lipinski definition) is 3. The van der Waals surface area contributed by atoms with Gasteiger partial charge in [0.15, 0.2) is 0 Å². The molecule has 4 N–H and O–H groups in total. The lowest BCUT2D eigenvalue weighted by Crippen LogP contribution is -2.45. The zero-order chi connectivity index (χ0) is 15.9. The molecule has 0 aliphatic heterocycles. The van der Waals surface area contributed by atoms with E-state index in [1.807, 2.05) is 20.8 Å². The van der Waals surface area contributed by atoms with Gasteiger partial charge in [0.05, 0.1) is 19.6 Å². The molecule has 0 atom stereocenters. The molecule has 1 aromatic carbocycles. The van der Waals surface area contributed by atoms with E-state index in [0.29, 0.717) is 11.4 Å². The molecule has 21 heavy (non-hydrogen) atoms. The van der Waals surface area contributed by atoms with E-state index in [1.54, 1.807) is 24.3 Å². The van der Waals surface area contributed by atoms with Gasteiger partial charge in [-0.25, -0.2) is 0 Å². The molecule has 6 nitrogen and oxygen atoms in total. The second-order valence-corrected chi connectivity index (χ2v) is 5.75. The highest BCUT2D eigenvalue weighted by atomic mass is 16.5. The first kappa shape index (κ1) is 16.8. The predicted molar refractivity (Wildman–Crippen MR) is 81.9 cm³/mol. The first-order valence-corrected chi connectivity index (χ1v) is 6.82. The second kappa shape index (κ2) is 7.52. The van der Waals surface area contributed by atoms with E-state index in [-0.39, 0.29) is 36.9 Å². The minimum atomic E-state index is -0.307. The monoisotopic (exact) mass is 293 g/mol. The van der Waals surface area contributed by atoms with E-state index in [2.05, 4.69) is 10.6 Å². The molecule has 0 radical (unpaired) electrons. The number of nitrogen functional groups attached to an aromatic ring is 1. The van der Waals surface area contributed by atoms with Crippen LogP contribution in [0.4, 0.5) is 5.69 Å². The van der Waals surface area contributed by atoms with E-state index < -0.39 is 0 Å². The van der Waals surface area contributed by atoms with Crippen LogP contribution in [0, 0.1) is 0 Å². The normalized spacial score (nSPS) is 10.8. The Kier molecular flexibility index (Phi) is 6.02. The Morgan fingerprint density at radius 2 is 1.95 bits per heavy atom. The first-order valence-electron chi connectivity index (χ1n) is 6.82. The topological polar surface area (TPSA) is 93.5 Å². The Bertz CT molecular complexity index is 495. The standard InChI is InChI=1S/C15H23N3O3/c1-15(2,3)18-14(20)10-17-13(19)7-8-21-12-6-4-5-11(16)9-12/h4-6,9H,7-8,10,16H2,1-3H3,(H,17,19)(H,18,20). The van der Waals surface area contributed by atoms with Gasteiger partial charge in [0.25, 0.3) is 0 Å². The van der Waals surface area contributed by atoms with Crippen LogP contribution in [0.15, 0.2) is 24.3 Å². The fourth-order valence-corrected chi connectivity index (χ4v) is 1.60. The Balaban J connectivity index is 2.21. The summed E-state index contributed by atoms with van der Waals surface area (Å²) in [5.41, 5.74) is 5.92. The molecule has 0 aliphatic carbocycles. The highest BCUT2D eigenvalue weighted by Crippen LogP contribution is 2.14. The molecule has 0 aromatic heterocycles. The quantitative estimate of drug-likeness (QED) is 0.684. The number of benzene rings is 1. The van der Waals surface area contributed by atoms with Crippen LogP contribution in [0.3, 0.4) is 0 Å². The van der Waals surface area contributed by atoms with Crippen LogP contribution < -0.4 is 21.1 Å². The maximum Gasteiger partial charge on any atom is 0.239 e. The number of hydrogen-bond acceptors (Lipinski definition) is 4. The highest BCUT2D eigenvalue weighted by molar-refractivity contribution is 5.85. The van der Waals surface area contributed by atoms with Crippen LogP contribution in [-0.4, -0.2) is 30.5 Å². The van der Waals surface area contributed by atoms with Gasteiger partial charge in [-0.1, -0.05) is 6.07 Å². The zero-order valence-corrected chi connectivity index (χ0v) is 12.7. The minimum Gasteiger partial charge on any atom is -0.493 e. The van der Waals surface area contributed by atoms with Crippen molar-refractivity contribution in [1.82, 2.24) is 10.6 Å². The van der Waals surface area contributed by atoms with Gasteiger partial charge in [-0.15, -0.1) is 0 Å². The Morgan fingerprint density at radius 3 is 2.57 bits per heavy atom. The molecule has 0 aliphatic rings. The van der Waals surface area contributed by atoms with Crippen LogP contribution in [0.5, 0.6) is 5.75 Å². The van der Waals surface area contributed by atoms with Crippen LogP contribution in [0.25, 0.3) is 0 Å². The number of carbonyl (C=O) groups is 2. The van der Waals surface area contributed by atoms with Gasteiger partial charge < -0.3 is 21.1 Å². The highest BCUT2D eigenvalue weighted by Gasteiger charge is 2.14. The molecule has 0 heterocycles. The number of carbonyl (C=O) groups excluding carboxylic acids is 2. The molecule has 0 bridgehead atoms. The Hall–Kier alpha value is -2.24. The van der Waals surface area contributed by atoms with Crippen molar-refractivity contribution in [2.24, 2.45) is 0 Å². The molecular weight excluding hydrogens is 270 g/mol. The summed E-state index contributed by atoms with van der Waals surface area (Å²) in [5, 5.41) is 5.31. The van der Waals surface area contributed by atoms with Gasteiger partial charge in [0.1, 0.15) is 5.75 Å². The van der Waals surface area contributed by atoms with E-state index in [9.17, 15) is 9.59 Å². The summed E-state index contributed by atoms with van der Waals surface area (Å²) in [5.74, 6) is 0.170. The fourth-order valence-electron chi connectivity index (χ4n) is 1.60. The van der Waals surface area contributed by atoms with Crippen LogP contribution >= 0.6 is 0 Å². The third-order valence-electron chi connectivity index (χ3n) is 2.42.